The van der Waals surface area contributed by atoms with Gasteiger partial charge in [0.25, 0.3) is 0 Å². The molecule has 1 aromatic heterocycles. The number of nitrogens with one attached hydrogen (secondary N) is 2. The minimum Gasteiger partial charge on any atom is -0.461 e. The number of nitrogens with zero attached hydrogens (tertiary/aromatic N) is 1. The summed E-state index contributed by atoms with van der Waals surface area (Å²) in [5, 5.41) is 6.05. The van der Waals surface area contributed by atoms with E-state index in [1.807, 2.05) is 72.8 Å². The summed E-state index contributed by atoms with van der Waals surface area (Å²) in [5.41, 5.74) is 1.85. The summed E-state index contributed by atoms with van der Waals surface area (Å²) in [6, 6.07) is 23.5. The molecule has 0 unspecified atom stereocenters. The molecule has 2 N–H and O–H groups in total. The second-order valence-electron chi connectivity index (χ2n) is 8.16. The van der Waals surface area contributed by atoms with Gasteiger partial charge in [0.2, 0.25) is 11.8 Å². The van der Waals surface area contributed by atoms with Crippen LogP contribution in [0.15, 0.2) is 77.2 Å². The SMILES string of the molecule is O=C(CN1CCC(NC(=O)CCc2ccc(-c3ccccc3)o2)CC1)Nc1ccccc1. The number of piperidine rings is 1. The number of hydrogen-bond acceptors (Lipinski definition) is 4. The molecule has 0 saturated carbocycles. The smallest absolute Gasteiger partial charge is 0.238 e. The molecule has 2 aromatic carbocycles. The third-order valence-corrected chi connectivity index (χ3v) is 5.70. The fourth-order valence-electron chi connectivity index (χ4n) is 3.97. The number of benzene rings is 2. The summed E-state index contributed by atoms with van der Waals surface area (Å²) in [6.07, 6.45) is 2.69. The van der Waals surface area contributed by atoms with Gasteiger partial charge in [0.15, 0.2) is 0 Å². The van der Waals surface area contributed by atoms with Gasteiger partial charge in [0.1, 0.15) is 11.5 Å². The van der Waals surface area contributed by atoms with Gasteiger partial charge in [-0.25, -0.2) is 0 Å². The lowest BCUT2D eigenvalue weighted by Crippen LogP contribution is -2.46. The van der Waals surface area contributed by atoms with Crippen molar-refractivity contribution in [2.75, 3.05) is 25.0 Å². The van der Waals surface area contributed by atoms with Crippen LogP contribution in [0.3, 0.4) is 0 Å². The van der Waals surface area contributed by atoms with Crippen molar-refractivity contribution in [3.63, 3.8) is 0 Å². The fraction of sp³-hybridized carbons (Fsp3) is 0.308. The Bertz CT molecular complexity index is 1010. The number of amides is 2. The quantitative estimate of drug-likeness (QED) is 0.563. The van der Waals surface area contributed by atoms with Crippen LogP contribution in [0.1, 0.15) is 25.0 Å². The van der Waals surface area contributed by atoms with Gasteiger partial charge >= 0.3 is 0 Å². The predicted octanol–water partition coefficient (Wildman–Crippen LogP) is 4.10. The lowest BCUT2D eigenvalue weighted by atomic mass is 10.0. The Balaban J connectivity index is 1.15. The van der Waals surface area contributed by atoms with Crippen molar-refractivity contribution < 1.29 is 14.0 Å². The lowest BCUT2D eigenvalue weighted by Gasteiger charge is -2.31. The molecule has 6 nitrogen and oxygen atoms in total. The Labute approximate surface area is 188 Å². The number of hydrogen-bond donors (Lipinski definition) is 2. The van der Waals surface area contributed by atoms with Crippen LogP contribution in [0.5, 0.6) is 0 Å². The van der Waals surface area contributed by atoms with E-state index in [1.165, 1.54) is 0 Å². The van der Waals surface area contributed by atoms with Gasteiger partial charge in [0, 0.05) is 43.2 Å². The molecule has 0 bridgehead atoms. The molecular formula is C26H29N3O3. The van der Waals surface area contributed by atoms with Gasteiger partial charge in [-0.1, -0.05) is 48.5 Å². The van der Waals surface area contributed by atoms with Crippen molar-refractivity contribution in [3.8, 4) is 11.3 Å². The van der Waals surface area contributed by atoms with E-state index in [1.54, 1.807) is 0 Å². The predicted molar refractivity (Wildman–Crippen MR) is 125 cm³/mol. The lowest BCUT2D eigenvalue weighted by molar-refractivity contribution is -0.122. The van der Waals surface area contributed by atoms with Gasteiger partial charge in [-0.3, -0.25) is 14.5 Å². The van der Waals surface area contributed by atoms with Crippen molar-refractivity contribution in [2.24, 2.45) is 0 Å². The number of carbonyl (C=O) groups excluding carboxylic acids is 2. The number of anilines is 1. The van der Waals surface area contributed by atoms with Crippen LogP contribution in [0.25, 0.3) is 11.3 Å². The standard InChI is InChI=1S/C26H29N3O3/c30-25(14-12-23-11-13-24(32-23)20-7-3-1-4-8-20)27-22-15-17-29(18-16-22)19-26(31)28-21-9-5-2-6-10-21/h1-11,13,22H,12,14-19H2,(H,27,30)(H,28,31). The molecule has 0 radical (unpaired) electrons. The molecule has 0 atom stereocenters. The summed E-state index contributed by atoms with van der Waals surface area (Å²) < 4.78 is 5.88. The summed E-state index contributed by atoms with van der Waals surface area (Å²) in [4.78, 5) is 26.7. The highest BCUT2D eigenvalue weighted by Gasteiger charge is 2.22. The van der Waals surface area contributed by atoms with Crippen molar-refractivity contribution in [3.05, 3.63) is 78.6 Å². The first-order valence-corrected chi connectivity index (χ1v) is 11.2. The second-order valence-corrected chi connectivity index (χ2v) is 8.16. The number of carbonyl (C=O) groups is 2. The Morgan fingerprint density at radius 2 is 1.56 bits per heavy atom. The number of para-hydroxylation sites is 1. The molecule has 4 rings (SSSR count). The van der Waals surface area contributed by atoms with Crippen LogP contribution in [0, 0.1) is 0 Å². The highest BCUT2D eigenvalue weighted by molar-refractivity contribution is 5.92. The number of rotatable bonds is 8. The van der Waals surface area contributed by atoms with Gasteiger partial charge in [0.05, 0.1) is 6.54 Å². The Morgan fingerprint density at radius 1 is 0.875 bits per heavy atom. The maximum absolute atomic E-state index is 12.4. The molecule has 3 aromatic rings. The highest BCUT2D eigenvalue weighted by Crippen LogP contribution is 2.22. The van der Waals surface area contributed by atoms with Gasteiger partial charge in [-0.15, -0.1) is 0 Å². The van der Waals surface area contributed by atoms with Gasteiger partial charge < -0.3 is 15.1 Å². The van der Waals surface area contributed by atoms with Crippen molar-refractivity contribution in [1.29, 1.82) is 0 Å². The first-order chi connectivity index (χ1) is 15.7. The van der Waals surface area contributed by atoms with Crippen LogP contribution >= 0.6 is 0 Å². The molecular weight excluding hydrogens is 402 g/mol. The first kappa shape index (κ1) is 21.8. The van der Waals surface area contributed by atoms with E-state index in [-0.39, 0.29) is 17.9 Å². The van der Waals surface area contributed by atoms with Crippen molar-refractivity contribution >= 4 is 17.5 Å². The molecule has 6 heteroatoms. The normalized spacial score (nSPS) is 14.8. The van der Waals surface area contributed by atoms with Crippen molar-refractivity contribution in [1.82, 2.24) is 10.2 Å². The van der Waals surface area contributed by atoms with E-state index in [0.29, 0.717) is 19.4 Å². The van der Waals surface area contributed by atoms with Crippen LogP contribution in [0.2, 0.25) is 0 Å². The fourth-order valence-corrected chi connectivity index (χ4v) is 3.97. The molecule has 1 aliphatic heterocycles. The monoisotopic (exact) mass is 431 g/mol. The van der Waals surface area contributed by atoms with E-state index in [4.69, 9.17) is 4.42 Å². The van der Waals surface area contributed by atoms with E-state index >= 15 is 0 Å². The minimum absolute atomic E-state index is 0.00740. The number of furan rings is 1. The third kappa shape index (κ3) is 6.31. The molecule has 166 valence electrons. The van der Waals surface area contributed by atoms with E-state index < -0.39 is 0 Å². The van der Waals surface area contributed by atoms with Crippen LogP contribution in [-0.4, -0.2) is 42.4 Å². The molecule has 32 heavy (non-hydrogen) atoms. The maximum Gasteiger partial charge on any atom is 0.238 e. The molecule has 1 saturated heterocycles. The summed E-state index contributed by atoms with van der Waals surface area (Å²) in [6.45, 7) is 1.97. The zero-order chi connectivity index (χ0) is 22.2. The molecule has 2 heterocycles. The zero-order valence-electron chi connectivity index (χ0n) is 18.1. The third-order valence-electron chi connectivity index (χ3n) is 5.70. The van der Waals surface area contributed by atoms with Crippen LogP contribution in [-0.2, 0) is 16.0 Å². The van der Waals surface area contributed by atoms with E-state index in [2.05, 4.69) is 15.5 Å². The molecule has 0 spiro atoms. The Morgan fingerprint density at radius 3 is 2.28 bits per heavy atom. The topological polar surface area (TPSA) is 74.6 Å². The largest absolute Gasteiger partial charge is 0.461 e. The van der Waals surface area contributed by atoms with Crippen molar-refractivity contribution in [2.45, 2.75) is 31.7 Å². The Hall–Kier alpha value is -3.38. The van der Waals surface area contributed by atoms with Gasteiger partial charge in [-0.2, -0.15) is 0 Å². The summed E-state index contributed by atoms with van der Waals surface area (Å²) in [5.74, 6) is 1.68. The van der Waals surface area contributed by atoms with Crippen LogP contribution in [0.4, 0.5) is 5.69 Å². The first-order valence-electron chi connectivity index (χ1n) is 11.2. The van der Waals surface area contributed by atoms with E-state index in [0.717, 1.165) is 48.7 Å². The molecule has 2 amide bonds. The van der Waals surface area contributed by atoms with Gasteiger partial charge in [-0.05, 0) is 37.1 Å². The number of likely N-dealkylation sites (tertiary alicyclic amines) is 1. The van der Waals surface area contributed by atoms with Crippen LogP contribution < -0.4 is 10.6 Å². The molecule has 1 aliphatic rings. The second kappa shape index (κ2) is 10.8. The zero-order valence-corrected chi connectivity index (χ0v) is 18.1. The average molecular weight is 432 g/mol. The average Bonchev–Trinajstić information content (AvgIpc) is 3.29. The summed E-state index contributed by atoms with van der Waals surface area (Å²) in [7, 11) is 0. The Kier molecular flexibility index (Phi) is 7.35. The molecule has 0 aliphatic carbocycles. The summed E-state index contributed by atoms with van der Waals surface area (Å²) >= 11 is 0. The maximum atomic E-state index is 12.4. The minimum atomic E-state index is -0.00740. The highest BCUT2D eigenvalue weighted by atomic mass is 16.3. The number of aryl methyl sites for hydroxylation is 1. The van der Waals surface area contributed by atoms with E-state index in [9.17, 15) is 9.59 Å². The molecule has 1 fully saturated rings.